The molecule has 0 aromatic carbocycles. The van der Waals surface area contributed by atoms with Gasteiger partial charge in [0.2, 0.25) is 5.88 Å². The van der Waals surface area contributed by atoms with Crippen molar-refractivity contribution in [2.45, 2.75) is 46.7 Å². The minimum Gasteiger partial charge on any atom is -0.477 e. The van der Waals surface area contributed by atoms with Gasteiger partial charge in [-0.2, -0.15) is 0 Å². The van der Waals surface area contributed by atoms with E-state index in [2.05, 4.69) is 38.0 Å². The fourth-order valence-corrected chi connectivity index (χ4v) is 1.62. The van der Waals surface area contributed by atoms with Gasteiger partial charge in [-0.1, -0.05) is 39.3 Å². The van der Waals surface area contributed by atoms with Gasteiger partial charge in [-0.05, 0) is 24.0 Å². The molecule has 0 aliphatic rings. The Labute approximate surface area is 115 Å². The van der Waals surface area contributed by atoms with Crippen molar-refractivity contribution in [2.75, 3.05) is 6.61 Å². The first kappa shape index (κ1) is 15.3. The molecule has 0 saturated carbocycles. The lowest BCUT2D eigenvalue weighted by molar-refractivity contribution is 0.279. The average molecular weight is 271 g/mol. The van der Waals surface area contributed by atoms with E-state index >= 15 is 0 Å². The average Bonchev–Trinajstić information content (AvgIpc) is 2.28. The third kappa shape index (κ3) is 5.69. The van der Waals surface area contributed by atoms with Crippen molar-refractivity contribution >= 4 is 11.6 Å². The zero-order valence-corrected chi connectivity index (χ0v) is 12.4. The number of hydrogen-bond acceptors (Lipinski definition) is 3. The van der Waals surface area contributed by atoms with Crippen LogP contribution in [0.3, 0.4) is 0 Å². The molecule has 0 bridgehead atoms. The van der Waals surface area contributed by atoms with Crippen LogP contribution in [0.15, 0.2) is 12.3 Å². The van der Waals surface area contributed by atoms with Crippen LogP contribution in [0, 0.1) is 5.92 Å². The molecule has 4 heteroatoms. The Morgan fingerprint density at radius 3 is 2.61 bits per heavy atom. The fraction of sp³-hybridized carbons (Fsp3) is 0.643. The molecule has 0 radical (unpaired) electrons. The molecule has 0 unspecified atom stereocenters. The maximum Gasteiger partial charge on any atom is 0.232 e. The van der Waals surface area contributed by atoms with E-state index in [1.54, 1.807) is 0 Å². The van der Waals surface area contributed by atoms with Crippen LogP contribution >= 0.6 is 11.6 Å². The van der Waals surface area contributed by atoms with Crippen LogP contribution < -0.4 is 10.1 Å². The van der Waals surface area contributed by atoms with Crippen molar-refractivity contribution in [2.24, 2.45) is 5.92 Å². The minimum absolute atomic E-state index is 0.450. The van der Waals surface area contributed by atoms with Gasteiger partial charge in [-0.3, -0.25) is 0 Å². The van der Waals surface area contributed by atoms with E-state index in [1.165, 1.54) is 0 Å². The summed E-state index contributed by atoms with van der Waals surface area (Å²) in [5.74, 6) is 1.16. The molecule has 102 valence electrons. The Balaban J connectivity index is 2.51. The third-order valence-corrected chi connectivity index (χ3v) is 2.78. The molecular weight excluding hydrogens is 248 g/mol. The number of rotatable bonds is 7. The lowest BCUT2D eigenvalue weighted by atomic mass is 10.1. The normalized spacial score (nSPS) is 11.3. The van der Waals surface area contributed by atoms with E-state index in [9.17, 15) is 0 Å². The number of pyridine rings is 1. The van der Waals surface area contributed by atoms with Crippen LogP contribution in [0.2, 0.25) is 5.02 Å². The molecule has 0 aliphatic carbocycles. The van der Waals surface area contributed by atoms with Crippen molar-refractivity contribution < 1.29 is 4.74 Å². The van der Waals surface area contributed by atoms with E-state index in [4.69, 9.17) is 16.3 Å². The second kappa shape index (κ2) is 7.59. The minimum atomic E-state index is 0.450. The predicted octanol–water partition coefficient (Wildman–Crippen LogP) is 3.66. The molecule has 0 fully saturated rings. The van der Waals surface area contributed by atoms with Gasteiger partial charge in [0.15, 0.2) is 0 Å². The molecule has 1 aromatic rings. The van der Waals surface area contributed by atoms with Crippen LogP contribution in [0.4, 0.5) is 0 Å². The standard InChI is InChI=1S/C14H23ClN2O/c1-10(2)5-6-18-14-13(15)7-12(9-17-14)8-16-11(3)4/h7,9-11,16H,5-6,8H2,1-4H3. The number of nitrogens with zero attached hydrogens (tertiary/aromatic N) is 1. The van der Waals surface area contributed by atoms with Gasteiger partial charge in [0.1, 0.15) is 5.02 Å². The first-order valence-corrected chi connectivity index (χ1v) is 6.87. The smallest absolute Gasteiger partial charge is 0.232 e. The molecule has 0 amide bonds. The van der Waals surface area contributed by atoms with E-state index in [1.807, 2.05) is 12.3 Å². The number of ether oxygens (including phenoxy) is 1. The molecule has 0 aliphatic heterocycles. The Morgan fingerprint density at radius 1 is 1.33 bits per heavy atom. The summed E-state index contributed by atoms with van der Waals surface area (Å²) in [4.78, 5) is 4.26. The van der Waals surface area contributed by atoms with E-state index < -0.39 is 0 Å². The highest BCUT2D eigenvalue weighted by molar-refractivity contribution is 6.31. The summed E-state index contributed by atoms with van der Waals surface area (Å²) in [6, 6.07) is 2.36. The van der Waals surface area contributed by atoms with Crippen molar-refractivity contribution in [1.82, 2.24) is 10.3 Å². The van der Waals surface area contributed by atoms with Gasteiger partial charge in [-0.25, -0.2) is 4.98 Å². The van der Waals surface area contributed by atoms with Gasteiger partial charge < -0.3 is 10.1 Å². The molecule has 1 heterocycles. The lowest BCUT2D eigenvalue weighted by Crippen LogP contribution is -2.21. The molecule has 18 heavy (non-hydrogen) atoms. The molecule has 1 aromatic heterocycles. The van der Waals surface area contributed by atoms with Crippen LogP contribution in [-0.4, -0.2) is 17.6 Å². The summed E-state index contributed by atoms with van der Waals surface area (Å²) >= 11 is 6.14. The Bertz CT molecular complexity index is 367. The Morgan fingerprint density at radius 2 is 2.06 bits per heavy atom. The zero-order chi connectivity index (χ0) is 13.5. The largest absolute Gasteiger partial charge is 0.477 e. The van der Waals surface area contributed by atoms with Gasteiger partial charge in [0, 0.05) is 18.8 Å². The van der Waals surface area contributed by atoms with Crippen molar-refractivity contribution in [3.63, 3.8) is 0 Å². The molecule has 1 rings (SSSR count). The summed E-state index contributed by atoms with van der Waals surface area (Å²) in [7, 11) is 0. The zero-order valence-electron chi connectivity index (χ0n) is 11.7. The second-order valence-corrected chi connectivity index (χ2v) is 5.60. The topological polar surface area (TPSA) is 34.1 Å². The summed E-state index contributed by atoms with van der Waals surface area (Å²) in [6.07, 6.45) is 2.82. The highest BCUT2D eigenvalue weighted by atomic mass is 35.5. The maximum absolute atomic E-state index is 6.14. The van der Waals surface area contributed by atoms with E-state index in [-0.39, 0.29) is 0 Å². The SMILES string of the molecule is CC(C)CCOc1ncc(CNC(C)C)cc1Cl. The van der Waals surface area contributed by atoms with Crippen LogP contribution in [0.5, 0.6) is 5.88 Å². The van der Waals surface area contributed by atoms with Gasteiger partial charge in [0.05, 0.1) is 6.61 Å². The van der Waals surface area contributed by atoms with Gasteiger partial charge in [0.25, 0.3) is 0 Å². The van der Waals surface area contributed by atoms with Crippen LogP contribution in [0.1, 0.15) is 39.7 Å². The Hall–Kier alpha value is -0.800. The van der Waals surface area contributed by atoms with Gasteiger partial charge in [-0.15, -0.1) is 0 Å². The quantitative estimate of drug-likeness (QED) is 0.821. The molecular formula is C14H23ClN2O. The molecule has 1 N–H and O–H groups in total. The number of aromatic nitrogens is 1. The highest BCUT2D eigenvalue weighted by Gasteiger charge is 2.06. The highest BCUT2D eigenvalue weighted by Crippen LogP contribution is 2.22. The first-order chi connectivity index (χ1) is 8.49. The van der Waals surface area contributed by atoms with Crippen LogP contribution in [0.25, 0.3) is 0 Å². The van der Waals surface area contributed by atoms with E-state index in [0.717, 1.165) is 18.5 Å². The predicted molar refractivity (Wildman–Crippen MR) is 76.2 cm³/mol. The second-order valence-electron chi connectivity index (χ2n) is 5.20. The van der Waals surface area contributed by atoms with Crippen molar-refractivity contribution in [3.8, 4) is 5.88 Å². The Kier molecular flexibility index (Phi) is 6.44. The molecule has 3 nitrogen and oxygen atoms in total. The summed E-state index contributed by atoms with van der Waals surface area (Å²) in [5.41, 5.74) is 1.07. The lowest BCUT2D eigenvalue weighted by Gasteiger charge is -2.11. The number of hydrogen-bond donors (Lipinski definition) is 1. The van der Waals surface area contributed by atoms with Gasteiger partial charge >= 0.3 is 0 Å². The summed E-state index contributed by atoms with van der Waals surface area (Å²) < 4.78 is 5.56. The first-order valence-electron chi connectivity index (χ1n) is 6.49. The van der Waals surface area contributed by atoms with Crippen molar-refractivity contribution in [3.05, 3.63) is 22.8 Å². The maximum atomic E-state index is 6.14. The van der Waals surface area contributed by atoms with Crippen LogP contribution in [-0.2, 0) is 6.54 Å². The molecule has 0 spiro atoms. The third-order valence-electron chi connectivity index (χ3n) is 2.51. The number of nitrogens with one attached hydrogen (secondary N) is 1. The summed E-state index contributed by atoms with van der Waals surface area (Å²) in [6.45, 7) is 9.99. The molecule has 0 atom stereocenters. The van der Waals surface area contributed by atoms with Crippen molar-refractivity contribution in [1.29, 1.82) is 0 Å². The molecule has 0 saturated heterocycles. The monoisotopic (exact) mass is 270 g/mol. The number of halogens is 1. The van der Waals surface area contributed by atoms with E-state index in [0.29, 0.717) is 29.5 Å². The summed E-state index contributed by atoms with van der Waals surface area (Å²) in [5, 5.41) is 3.91. The fourth-order valence-electron chi connectivity index (χ4n) is 1.38.